The molecule has 2 aromatic rings. The number of aliphatic hydroxyl groups excluding tert-OH is 1. The average molecular weight is 365 g/mol. The van der Waals surface area contributed by atoms with Crippen LogP contribution < -0.4 is 16.4 Å². The van der Waals surface area contributed by atoms with Gasteiger partial charge in [0, 0.05) is 55.4 Å². The zero-order chi connectivity index (χ0) is 19.4. The highest BCUT2D eigenvalue weighted by molar-refractivity contribution is 6.15. The third-order valence-corrected chi connectivity index (χ3v) is 4.50. The molecule has 0 aliphatic carbocycles. The Morgan fingerprint density at radius 2 is 2.19 bits per heavy atom. The highest BCUT2D eigenvalue weighted by Gasteiger charge is 2.22. The topological polar surface area (TPSA) is 138 Å². The van der Waals surface area contributed by atoms with E-state index in [0.29, 0.717) is 35.7 Å². The molecule has 8 heteroatoms. The molecule has 3 rings (SSSR count). The van der Waals surface area contributed by atoms with Crippen molar-refractivity contribution in [3.63, 3.8) is 0 Å². The van der Waals surface area contributed by atoms with E-state index in [0.717, 1.165) is 17.7 Å². The summed E-state index contributed by atoms with van der Waals surface area (Å²) in [6, 6.07) is 7.13. The third-order valence-electron chi connectivity index (χ3n) is 4.50. The minimum atomic E-state index is -0.350. The van der Waals surface area contributed by atoms with E-state index in [-0.39, 0.29) is 11.8 Å². The van der Waals surface area contributed by atoms with Crippen molar-refractivity contribution in [2.75, 3.05) is 30.8 Å². The van der Waals surface area contributed by atoms with Gasteiger partial charge >= 0.3 is 0 Å². The minimum Gasteiger partial charge on any atom is -0.404 e. The molecule has 140 valence electrons. The summed E-state index contributed by atoms with van der Waals surface area (Å²) in [5, 5.41) is 18.3. The van der Waals surface area contributed by atoms with Crippen molar-refractivity contribution in [3.8, 4) is 0 Å². The van der Waals surface area contributed by atoms with Crippen molar-refractivity contribution in [1.29, 1.82) is 5.41 Å². The zero-order valence-electron chi connectivity index (χ0n) is 15.1. The van der Waals surface area contributed by atoms with E-state index in [1.807, 2.05) is 11.0 Å². The SMILES string of the molecule is CN=CC(=CN)c1ccc(N)c(C(=N)c2cc(N3CC[C@@H](O)C3)ncn2)c1. The van der Waals surface area contributed by atoms with Gasteiger partial charge < -0.3 is 21.5 Å². The summed E-state index contributed by atoms with van der Waals surface area (Å²) < 4.78 is 0. The normalized spacial score (nSPS) is 17.6. The van der Waals surface area contributed by atoms with Crippen LogP contribution in [0.1, 0.15) is 23.2 Å². The fraction of sp³-hybridized carbons (Fsp3) is 0.263. The van der Waals surface area contributed by atoms with Gasteiger partial charge in [-0.2, -0.15) is 0 Å². The molecule has 1 fully saturated rings. The largest absolute Gasteiger partial charge is 0.404 e. The molecule has 27 heavy (non-hydrogen) atoms. The summed E-state index contributed by atoms with van der Waals surface area (Å²) in [5.41, 5.74) is 15.0. The number of nitrogen functional groups attached to an aromatic ring is 1. The van der Waals surface area contributed by atoms with Crippen molar-refractivity contribution >= 4 is 29.0 Å². The summed E-state index contributed by atoms with van der Waals surface area (Å²) in [7, 11) is 1.67. The predicted octanol–water partition coefficient (Wildman–Crippen LogP) is 1.05. The molecule has 0 saturated carbocycles. The first kappa shape index (κ1) is 18.5. The fourth-order valence-electron chi connectivity index (χ4n) is 3.05. The second-order valence-corrected chi connectivity index (χ2v) is 6.34. The average Bonchev–Trinajstić information content (AvgIpc) is 3.12. The summed E-state index contributed by atoms with van der Waals surface area (Å²) in [5.74, 6) is 0.691. The van der Waals surface area contributed by atoms with Crippen molar-refractivity contribution in [3.05, 3.63) is 53.6 Å². The second-order valence-electron chi connectivity index (χ2n) is 6.34. The van der Waals surface area contributed by atoms with Crippen LogP contribution in [-0.4, -0.2) is 53.2 Å². The quantitative estimate of drug-likeness (QED) is 0.461. The lowest BCUT2D eigenvalue weighted by molar-refractivity contribution is 0.198. The number of hydrogen-bond acceptors (Lipinski definition) is 8. The summed E-state index contributed by atoms with van der Waals surface area (Å²) in [6.07, 6.45) is 4.91. The summed E-state index contributed by atoms with van der Waals surface area (Å²) in [4.78, 5) is 14.5. The zero-order valence-corrected chi connectivity index (χ0v) is 15.1. The van der Waals surface area contributed by atoms with Crippen molar-refractivity contribution in [1.82, 2.24) is 9.97 Å². The standard InChI is InChI=1S/C19H23N7O/c1-23-9-13(8-20)12-2-3-16(21)15(6-12)19(22)17-7-18(25-11-24-17)26-5-4-14(27)10-26/h2-3,6-9,11,14,22,27H,4-5,10,20-21H2,1H3/t14-/m1/s1. The first-order valence-corrected chi connectivity index (χ1v) is 8.61. The molecule has 1 aromatic heterocycles. The third kappa shape index (κ3) is 3.95. The molecule has 1 aliphatic rings. The van der Waals surface area contributed by atoms with E-state index < -0.39 is 0 Å². The summed E-state index contributed by atoms with van der Waals surface area (Å²) in [6.45, 7) is 1.26. The lowest BCUT2D eigenvalue weighted by Crippen LogP contribution is -2.23. The van der Waals surface area contributed by atoms with Crippen LogP contribution in [0.3, 0.4) is 0 Å². The number of nitrogens with zero attached hydrogens (tertiary/aromatic N) is 4. The number of aromatic nitrogens is 2. The van der Waals surface area contributed by atoms with Crippen LogP contribution in [0, 0.1) is 5.41 Å². The Hall–Kier alpha value is -3.26. The number of nitrogens with one attached hydrogen (secondary N) is 1. The number of rotatable bonds is 5. The number of hydrogen-bond donors (Lipinski definition) is 4. The van der Waals surface area contributed by atoms with Crippen molar-refractivity contribution in [2.45, 2.75) is 12.5 Å². The van der Waals surface area contributed by atoms with Crippen molar-refractivity contribution in [2.24, 2.45) is 10.7 Å². The highest BCUT2D eigenvalue weighted by Crippen LogP contribution is 2.23. The minimum absolute atomic E-state index is 0.197. The van der Waals surface area contributed by atoms with Crippen LogP contribution in [0.5, 0.6) is 0 Å². The predicted molar refractivity (Wildman–Crippen MR) is 108 cm³/mol. The van der Waals surface area contributed by atoms with Crippen LogP contribution in [0.15, 0.2) is 41.8 Å². The number of nitrogens with two attached hydrogens (primary N) is 2. The van der Waals surface area contributed by atoms with E-state index in [2.05, 4.69) is 15.0 Å². The van der Waals surface area contributed by atoms with E-state index >= 15 is 0 Å². The van der Waals surface area contributed by atoms with E-state index in [1.165, 1.54) is 12.5 Å². The number of aliphatic imine (C=N–C) groups is 1. The molecule has 0 bridgehead atoms. The van der Waals surface area contributed by atoms with E-state index in [1.54, 1.807) is 31.5 Å². The van der Waals surface area contributed by atoms with Gasteiger partial charge in [-0.1, -0.05) is 6.07 Å². The molecular formula is C19H23N7O. The highest BCUT2D eigenvalue weighted by atomic mass is 16.3. The lowest BCUT2D eigenvalue weighted by Gasteiger charge is -2.17. The van der Waals surface area contributed by atoms with Crippen LogP contribution in [-0.2, 0) is 0 Å². The van der Waals surface area contributed by atoms with Gasteiger partial charge in [-0.3, -0.25) is 10.4 Å². The van der Waals surface area contributed by atoms with Gasteiger partial charge in [-0.25, -0.2) is 9.97 Å². The molecular weight excluding hydrogens is 342 g/mol. The molecule has 1 atom stereocenters. The maximum absolute atomic E-state index is 9.73. The van der Waals surface area contributed by atoms with Gasteiger partial charge in [0.25, 0.3) is 0 Å². The Kier molecular flexibility index (Phi) is 5.46. The smallest absolute Gasteiger partial charge is 0.132 e. The first-order valence-electron chi connectivity index (χ1n) is 8.61. The van der Waals surface area contributed by atoms with Crippen LogP contribution >= 0.6 is 0 Å². The van der Waals surface area contributed by atoms with Crippen LogP contribution in [0.25, 0.3) is 5.57 Å². The molecule has 0 amide bonds. The molecule has 8 nitrogen and oxygen atoms in total. The number of β-amino-alcohol motifs (C(OH)–C–C–N with tert-alkyl or cyclic N) is 1. The Labute approximate surface area is 157 Å². The maximum Gasteiger partial charge on any atom is 0.132 e. The Balaban J connectivity index is 1.94. The monoisotopic (exact) mass is 365 g/mol. The number of allylic oxidation sites excluding steroid dienone is 1. The molecule has 2 heterocycles. The molecule has 0 spiro atoms. The summed E-state index contributed by atoms with van der Waals surface area (Å²) >= 11 is 0. The Bertz CT molecular complexity index is 907. The van der Waals surface area contributed by atoms with E-state index in [4.69, 9.17) is 16.9 Å². The molecule has 1 saturated heterocycles. The van der Waals surface area contributed by atoms with E-state index in [9.17, 15) is 5.11 Å². The molecule has 0 radical (unpaired) electrons. The fourth-order valence-corrected chi connectivity index (χ4v) is 3.05. The van der Waals surface area contributed by atoms with Crippen molar-refractivity contribution < 1.29 is 5.11 Å². The van der Waals surface area contributed by atoms with Gasteiger partial charge in [0.2, 0.25) is 0 Å². The van der Waals surface area contributed by atoms with Gasteiger partial charge in [-0.15, -0.1) is 0 Å². The van der Waals surface area contributed by atoms with Gasteiger partial charge in [0.15, 0.2) is 0 Å². The Morgan fingerprint density at radius 1 is 1.37 bits per heavy atom. The first-order chi connectivity index (χ1) is 13.0. The molecule has 0 unspecified atom stereocenters. The maximum atomic E-state index is 9.73. The number of anilines is 2. The Morgan fingerprint density at radius 3 is 2.85 bits per heavy atom. The van der Waals surface area contributed by atoms with Gasteiger partial charge in [-0.05, 0) is 24.1 Å². The number of aliphatic hydroxyl groups is 1. The molecule has 1 aromatic carbocycles. The van der Waals surface area contributed by atoms with Crippen LogP contribution in [0.2, 0.25) is 0 Å². The molecule has 6 N–H and O–H groups in total. The van der Waals surface area contributed by atoms with Crippen LogP contribution in [0.4, 0.5) is 11.5 Å². The van der Waals surface area contributed by atoms with Gasteiger partial charge in [0.1, 0.15) is 12.1 Å². The molecule has 1 aliphatic heterocycles. The van der Waals surface area contributed by atoms with Gasteiger partial charge in [0.05, 0.1) is 17.5 Å². The lowest BCUT2D eigenvalue weighted by atomic mass is 9.98. The second kappa shape index (κ2) is 7.96. The number of benzene rings is 1.